The number of nitro benzene ring substituents is 1. The minimum atomic E-state index is -3.73. The highest BCUT2D eigenvalue weighted by molar-refractivity contribution is 9.10. The van der Waals surface area contributed by atoms with Crippen LogP contribution in [0.3, 0.4) is 0 Å². The maximum atomic E-state index is 11.4. The lowest BCUT2D eigenvalue weighted by Gasteiger charge is -2.00. The normalized spacial score (nSPS) is 10.8. The van der Waals surface area contributed by atoms with E-state index in [2.05, 4.69) is 15.9 Å². The van der Waals surface area contributed by atoms with E-state index in [1.54, 1.807) is 0 Å². The summed E-state index contributed by atoms with van der Waals surface area (Å²) in [5.74, 6) is 0. The molecule has 0 spiro atoms. The molecule has 0 fully saturated rings. The Hall–Kier alpha value is -2.52. The zero-order valence-corrected chi connectivity index (χ0v) is 15.3. The van der Waals surface area contributed by atoms with Crippen LogP contribution in [0.4, 0.5) is 5.69 Å². The van der Waals surface area contributed by atoms with Crippen molar-refractivity contribution in [3.63, 3.8) is 0 Å². The van der Waals surface area contributed by atoms with Crippen molar-refractivity contribution in [1.29, 1.82) is 0 Å². The summed E-state index contributed by atoms with van der Waals surface area (Å²) < 4.78 is 28.6. The Morgan fingerprint density at radius 3 is 2.20 bits per heavy atom. The molecular formula is C16H12BrNO6S. The molecule has 9 heteroatoms. The Kier molecular flexibility index (Phi) is 5.70. The van der Waals surface area contributed by atoms with Crippen LogP contribution in [0.25, 0.3) is 11.0 Å². The van der Waals surface area contributed by atoms with Gasteiger partial charge in [-0.3, -0.25) is 10.1 Å². The first-order valence-electron chi connectivity index (χ1n) is 6.81. The molecule has 0 saturated carbocycles. The van der Waals surface area contributed by atoms with Crippen molar-refractivity contribution in [3.05, 3.63) is 79.6 Å². The van der Waals surface area contributed by atoms with Gasteiger partial charge in [-0.05, 0) is 24.3 Å². The quantitative estimate of drug-likeness (QED) is 0.352. The number of nitro groups is 1. The van der Waals surface area contributed by atoms with E-state index >= 15 is 0 Å². The summed E-state index contributed by atoms with van der Waals surface area (Å²) in [5, 5.41) is 10.8. The molecule has 25 heavy (non-hydrogen) atoms. The van der Waals surface area contributed by atoms with E-state index in [1.165, 1.54) is 12.1 Å². The minimum absolute atomic E-state index is 0.0954. The van der Waals surface area contributed by atoms with Crippen LogP contribution in [-0.4, -0.2) is 19.6 Å². The van der Waals surface area contributed by atoms with Crippen LogP contribution < -0.4 is 5.63 Å². The maximum Gasteiger partial charge on any atom is 0.355 e. The van der Waals surface area contributed by atoms with E-state index in [0.29, 0.717) is 0 Å². The Morgan fingerprint density at radius 1 is 1.08 bits per heavy atom. The SMILES string of the molecule is Brc1ccccc1.CS(=O)(=O)c1cc2cc([N+](=O)[O-])ccc2oc1=O. The summed E-state index contributed by atoms with van der Waals surface area (Å²) >= 11 is 3.31. The van der Waals surface area contributed by atoms with Gasteiger partial charge in [0.1, 0.15) is 5.58 Å². The van der Waals surface area contributed by atoms with E-state index in [0.717, 1.165) is 22.9 Å². The fourth-order valence-electron chi connectivity index (χ4n) is 1.88. The number of fused-ring (bicyclic) bond motifs is 1. The number of non-ortho nitro benzene ring substituents is 1. The molecule has 3 aromatic rings. The highest BCUT2D eigenvalue weighted by atomic mass is 79.9. The molecule has 0 bridgehead atoms. The number of sulfone groups is 1. The first kappa shape index (κ1) is 18.8. The molecule has 1 heterocycles. The lowest BCUT2D eigenvalue weighted by Crippen LogP contribution is -2.12. The molecule has 0 aliphatic carbocycles. The van der Waals surface area contributed by atoms with Gasteiger partial charge in [0.2, 0.25) is 0 Å². The Bertz CT molecular complexity index is 1080. The van der Waals surface area contributed by atoms with E-state index in [1.807, 2.05) is 30.3 Å². The van der Waals surface area contributed by atoms with E-state index in [-0.39, 0.29) is 16.7 Å². The number of nitrogens with zero attached hydrogens (tertiary/aromatic N) is 1. The second kappa shape index (κ2) is 7.58. The van der Waals surface area contributed by atoms with Gasteiger partial charge < -0.3 is 4.42 Å². The van der Waals surface area contributed by atoms with Gasteiger partial charge in [0.15, 0.2) is 14.7 Å². The zero-order valence-electron chi connectivity index (χ0n) is 12.9. The van der Waals surface area contributed by atoms with Crippen LogP contribution in [0, 0.1) is 10.1 Å². The van der Waals surface area contributed by atoms with Gasteiger partial charge in [-0.1, -0.05) is 34.1 Å². The van der Waals surface area contributed by atoms with Gasteiger partial charge in [0, 0.05) is 28.2 Å². The summed E-state index contributed by atoms with van der Waals surface area (Å²) in [6.07, 6.45) is 0.864. The Balaban J connectivity index is 0.000000269. The maximum absolute atomic E-state index is 11.4. The number of halogens is 1. The number of rotatable bonds is 2. The number of hydrogen-bond donors (Lipinski definition) is 0. The smallest absolute Gasteiger partial charge is 0.355 e. The van der Waals surface area contributed by atoms with Crippen molar-refractivity contribution in [1.82, 2.24) is 0 Å². The zero-order chi connectivity index (χ0) is 18.6. The molecule has 0 atom stereocenters. The van der Waals surface area contributed by atoms with Crippen LogP contribution in [0.5, 0.6) is 0 Å². The van der Waals surface area contributed by atoms with Gasteiger partial charge in [0.05, 0.1) is 4.92 Å². The molecule has 2 aromatic carbocycles. The van der Waals surface area contributed by atoms with Crippen LogP contribution in [-0.2, 0) is 9.84 Å². The Morgan fingerprint density at radius 2 is 1.72 bits per heavy atom. The number of benzene rings is 2. The summed E-state index contributed by atoms with van der Waals surface area (Å²) in [5.41, 5.74) is -1.10. The van der Waals surface area contributed by atoms with Crippen molar-refractivity contribution in [2.75, 3.05) is 6.26 Å². The molecule has 0 amide bonds. The minimum Gasteiger partial charge on any atom is -0.422 e. The van der Waals surface area contributed by atoms with Gasteiger partial charge in [0.25, 0.3) is 5.69 Å². The van der Waals surface area contributed by atoms with Crippen LogP contribution in [0.1, 0.15) is 0 Å². The van der Waals surface area contributed by atoms with Gasteiger partial charge in [-0.2, -0.15) is 0 Å². The second-order valence-electron chi connectivity index (χ2n) is 4.95. The highest BCUT2D eigenvalue weighted by Crippen LogP contribution is 2.21. The molecule has 3 rings (SSSR count). The Labute approximate surface area is 151 Å². The van der Waals surface area contributed by atoms with Gasteiger partial charge in [-0.15, -0.1) is 0 Å². The summed E-state index contributed by atoms with van der Waals surface area (Å²) in [6.45, 7) is 0. The predicted molar refractivity (Wildman–Crippen MR) is 96.4 cm³/mol. The average Bonchev–Trinajstić information content (AvgIpc) is 2.54. The third-order valence-electron chi connectivity index (χ3n) is 3.03. The van der Waals surface area contributed by atoms with Crippen LogP contribution in [0.2, 0.25) is 0 Å². The van der Waals surface area contributed by atoms with Gasteiger partial charge in [-0.25, -0.2) is 13.2 Å². The fourth-order valence-corrected chi connectivity index (χ4v) is 2.87. The largest absolute Gasteiger partial charge is 0.422 e. The monoisotopic (exact) mass is 425 g/mol. The van der Waals surface area contributed by atoms with Crippen molar-refractivity contribution >= 4 is 42.4 Å². The van der Waals surface area contributed by atoms with E-state index in [9.17, 15) is 23.3 Å². The summed E-state index contributed by atoms with van der Waals surface area (Å²) in [7, 11) is -3.73. The topological polar surface area (TPSA) is 107 Å². The summed E-state index contributed by atoms with van der Waals surface area (Å²) in [6, 6.07) is 14.6. The second-order valence-corrected chi connectivity index (χ2v) is 7.84. The molecule has 0 aliphatic heterocycles. The highest BCUT2D eigenvalue weighted by Gasteiger charge is 2.16. The lowest BCUT2D eigenvalue weighted by atomic mass is 10.2. The molecule has 130 valence electrons. The average molecular weight is 426 g/mol. The van der Waals surface area contributed by atoms with Crippen molar-refractivity contribution < 1.29 is 17.8 Å². The molecule has 0 unspecified atom stereocenters. The fraction of sp³-hybridized carbons (Fsp3) is 0.0625. The third kappa shape index (κ3) is 4.97. The predicted octanol–water partition coefficient (Wildman–Crippen LogP) is 3.55. The summed E-state index contributed by atoms with van der Waals surface area (Å²) in [4.78, 5) is 20.9. The van der Waals surface area contributed by atoms with Crippen molar-refractivity contribution in [3.8, 4) is 0 Å². The van der Waals surface area contributed by atoms with E-state index in [4.69, 9.17) is 4.42 Å². The van der Waals surface area contributed by atoms with Crippen molar-refractivity contribution in [2.45, 2.75) is 4.90 Å². The standard InChI is InChI=1S/C10H7NO6S.C6H5Br/c1-18(15,16)9-5-6-4-7(11(13)14)2-3-8(6)17-10(9)12;7-6-4-2-1-3-5-6/h2-5H,1H3;1-5H. The molecule has 1 aromatic heterocycles. The first-order chi connectivity index (χ1) is 11.7. The van der Waals surface area contributed by atoms with Crippen LogP contribution >= 0.6 is 15.9 Å². The molecule has 0 saturated heterocycles. The molecule has 7 nitrogen and oxygen atoms in total. The molecule has 0 radical (unpaired) electrons. The third-order valence-corrected chi connectivity index (χ3v) is 4.64. The molecule has 0 aliphatic rings. The van der Waals surface area contributed by atoms with Gasteiger partial charge >= 0.3 is 5.63 Å². The van der Waals surface area contributed by atoms with Crippen LogP contribution in [0.15, 0.2) is 73.2 Å². The van der Waals surface area contributed by atoms with E-state index < -0.39 is 25.3 Å². The molecule has 0 N–H and O–H groups in total. The molecular weight excluding hydrogens is 414 g/mol. The van der Waals surface area contributed by atoms with Crippen molar-refractivity contribution in [2.24, 2.45) is 0 Å². The lowest BCUT2D eigenvalue weighted by molar-refractivity contribution is -0.384. The number of hydrogen-bond acceptors (Lipinski definition) is 6. The first-order valence-corrected chi connectivity index (χ1v) is 9.50.